The first kappa shape index (κ1) is 10.5. The van der Waals surface area contributed by atoms with E-state index in [0.29, 0.717) is 11.5 Å². The molecule has 0 spiro atoms. The summed E-state index contributed by atoms with van der Waals surface area (Å²) in [6.45, 7) is 0. The van der Waals surface area contributed by atoms with E-state index in [9.17, 15) is 0 Å². The van der Waals surface area contributed by atoms with E-state index in [0.717, 1.165) is 11.4 Å². The molecule has 6 heteroatoms. The summed E-state index contributed by atoms with van der Waals surface area (Å²) in [5, 5.41) is 4.35. The van der Waals surface area contributed by atoms with Crippen LogP contribution in [0.2, 0.25) is 0 Å². The first-order valence-corrected chi connectivity index (χ1v) is 5.42. The molecule has 3 heterocycles. The fraction of sp³-hybridized carbons (Fsp3) is 0.0833. The van der Waals surface area contributed by atoms with Crippen molar-refractivity contribution in [3.05, 3.63) is 43.1 Å². The molecule has 3 aromatic rings. The molecule has 0 radical (unpaired) electrons. The minimum absolute atomic E-state index is 0.590. The minimum Gasteiger partial charge on any atom is -0.265 e. The maximum atomic E-state index is 4.48. The van der Waals surface area contributed by atoms with Crippen LogP contribution in [0.25, 0.3) is 22.9 Å². The lowest BCUT2D eigenvalue weighted by Crippen LogP contribution is -1.94. The zero-order valence-electron chi connectivity index (χ0n) is 9.72. The predicted octanol–water partition coefficient (Wildman–Crippen LogP) is 1.33. The van der Waals surface area contributed by atoms with Crippen molar-refractivity contribution in [2.24, 2.45) is 7.05 Å². The number of aromatic nitrogens is 6. The van der Waals surface area contributed by atoms with Gasteiger partial charge in [0.2, 0.25) is 0 Å². The topological polar surface area (TPSA) is 69.4 Å². The van der Waals surface area contributed by atoms with Crippen LogP contribution in [-0.4, -0.2) is 29.7 Å². The van der Waals surface area contributed by atoms with E-state index in [1.54, 1.807) is 29.3 Å². The molecular weight excluding hydrogens is 228 g/mol. The smallest absolute Gasteiger partial charge is 0.200 e. The van der Waals surface area contributed by atoms with E-state index in [-0.39, 0.29) is 0 Å². The third kappa shape index (κ3) is 1.84. The van der Waals surface area contributed by atoms with Gasteiger partial charge >= 0.3 is 0 Å². The van der Waals surface area contributed by atoms with Gasteiger partial charge in [0.15, 0.2) is 11.6 Å². The Kier molecular flexibility index (Phi) is 2.53. The van der Waals surface area contributed by atoms with Gasteiger partial charge < -0.3 is 0 Å². The van der Waals surface area contributed by atoms with Crippen molar-refractivity contribution in [3.63, 3.8) is 0 Å². The third-order valence-corrected chi connectivity index (χ3v) is 2.51. The number of hydrogen-bond donors (Lipinski definition) is 0. The molecule has 0 N–H and O–H groups in total. The number of nitrogens with zero attached hydrogens (tertiary/aromatic N) is 6. The van der Waals surface area contributed by atoms with Crippen LogP contribution in [-0.2, 0) is 7.05 Å². The molecule has 0 atom stereocenters. The SMILES string of the molecule is Cn1nc(-c2ccncn2)nc1-c1ccncc1. The van der Waals surface area contributed by atoms with E-state index in [1.165, 1.54) is 6.33 Å². The zero-order chi connectivity index (χ0) is 12.4. The van der Waals surface area contributed by atoms with Gasteiger partial charge in [-0.05, 0) is 18.2 Å². The summed E-state index contributed by atoms with van der Waals surface area (Å²) >= 11 is 0. The number of pyridine rings is 1. The standard InChI is InChI=1S/C12H10N6/c1-18-12(9-2-5-13-6-3-9)16-11(17-18)10-4-7-14-8-15-10/h2-8H,1H3. The summed E-state index contributed by atoms with van der Waals surface area (Å²) in [4.78, 5) is 16.5. The molecule has 6 nitrogen and oxygen atoms in total. The van der Waals surface area contributed by atoms with Crippen LogP contribution in [0.15, 0.2) is 43.1 Å². The second-order valence-corrected chi connectivity index (χ2v) is 3.71. The average molecular weight is 238 g/mol. The molecule has 0 fully saturated rings. The highest BCUT2D eigenvalue weighted by molar-refractivity contribution is 5.58. The predicted molar refractivity (Wildman–Crippen MR) is 65.3 cm³/mol. The summed E-state index contributed by atoms with van der Waals surface area (Å²) in [5.74, 6) is 1.37. The molecule has 0 bridgehead atoms. The fourth-order valence-electron chi connectivity index (χ4n) is 1.67. The molecule has 0 saturated carbocycles. The van der Waals surface area contributed by atoms with Gasteiger partial charge in [0.1, 0.15) is 12.0 Å². The van der Waals surface area contributed by atoms with Crippen molar-refractivity contribution in [2.45, 2.75) is 0 Å². The van der Waals surface area contributed by atoms with Crippen LogP contribution < -0.4 is 0 Å². The Morgan fingerprint density at radius 2 is 1.78 bits per heavy atom. The summed E-state index contributed by atoms with van der Waals surface area (Å²) in [6, 6.07) is 5.58. The van der Waals surface area contributed by atoms with Gasteiger partial charge in [-0.3, -0.25) is 4.98 Å². The molecule has 0 aromatic carbocycles. The largest absolute Gasteiger partial charge is 0.265 e. The monoisotopic (exact) mass is 238 g/mol. The summed E-state index contributed by atoms with van der Waals surface area (Å²) < 4.78 is 1.73. The molecule has 0 unspecified atom stereocenters. The Morgan fingerprint density at radius 3 is 2.50 bits per heavy atom. The van der Waals surface area contributed by atoms with Gasteiger partial charge in [-0.25, -0.2) is 19.6 Å². The first-order valence-electron chi connectivity index (χ1n) is 5.42. The Bertz CT molecular complexity index is 647. The molecule has 88 valence electrons. The Hall–Kier alpha value is -2.63. The van der Waals surface area contributed by atoms with E-state index in [1.807, 2.05) is 19.2 Å². The van der Waals surface area contributed by atoms with E-state index in [4.69, 9.17) is 0 Å². The normalized spacial score (nSPS) is 10.5. The van der Waals surface area contributed by atoms with Crippen molar-refractivity contribution in [1.29, 1.82) is 0 Å². The quantitative estimate of drug-likeness (QED) is 0.673. The highest BCUT2D eigenvalue weighted by Crippen LogP contribution is 2.19. The molecule has 0 aliphatic rings. The molecule has 0 aliphatic carbocycles. The van der Waals surface area contributed by atoms with Crippen molar-refractivity contribution < 1.29 is 0 Å². The van der Waals surface area contributed by atoms with Crippen LogP contribution >= 0.6 is 0 Å². The Morgan fingerprint density at radius 1 is 1.00 bits per heavy atom. The second kappa shape index (κ2) is 4.33. The van der Waals surface area contributed by atoms with Gasteiger partial charge in [-0.15, -0.1) is 5.10 Å². The molecular formula is C12H10N6. The molecule has 0 amide bonds. The van der Waals surface area contributed by atoms with Crippen LogP contribution in [0.1, 0.15) is 0 Å². The molecule has 0 aliphatic heterocycles. The van der Waals surface area contributed by atoms with Gasteiger partial charge in [0.05, 0.1) is 0 Å². The van der Waals surface area contributed by atoms with E-state index >= 15 is 0 Å². The zero-order valence-corrected chi connectivity index (χ0v) is 9.72. The lowest BCUT2D eigenvalue weighted by Gasteiger charge is -1.97. The number of aryl methyl sites for hydroxylation is 1. The second-order valence-electron chi connectivity index (χ2n) is 3.71. The van der Waals surface area contributed by atoms with Crippen molar-refractivity contribution in [3.8, 4) is 22.9 Å². The maximum Gasteiger partial charge on any atom is 0.200 e. The number of hydrogen-bond acceptors (Lipinski definition) is 5. The maximum absolute atomic E-state index is 4.48. The van der Waals surface area contributed by atoms with Crippen molar-refractivity contribution >= 4 is 0 Å². The van der Waals surface area contributed by atoms with Crippen LogP contribution in [0.4, 0.5) is 0 Å². The van der Waals surface area contributed by atoms with Crippen LogP contribution in [0, 0.1) is 0 Å². The van der Waals surface area contributed by atoms with Gasteiger partial charge in [0, 0.05) is 31.2 Å². The Balaban J connectivity index is 2.07. The van der Waals surface area contributed by atoms with E-state index in [2.05, 4.69) is 25.0 Å². The van der Waals surface area contributed by atoms with Gasteiger partial charge in [0.25, 0.3) is 0 Å². The first-order chi connectivity index (χ1) is 8.84. The van der Waals surface area contributed by atoms with Crippen LogP contribution in [0.5, 0.6) is 0 Å². The van der Waals surface area contributed by atoms with Gasteiger partial charge in [-0.1, -0.05) is 0 Å². The summed E-state index contributed by atoms with van der Waals surface area (Å²) in [6.07, 6.45) is 6.62. The molecule has 3 aromatic heterocycles. The average Bonchev–Trinajstić information content (AvgIpc) is 2.83. The van der Waals surface area contributed by atoms with Crippen molar-refractivity contribution in [1.82, 2.24) is 29.7 Å². The highest BCUT2D eigenvalue weighted by atomic mass is 15.3. The fourth-order valence-corrected chi connectivity index (χ4v) is 1.67. The minimum atomic E-state index is 0.590. The highest BCUT2D eigenvalue weighted by Gasteiger charge is 2.11. The van der Waals surface area contributed by atoms with Gasteiger partial charge in [-0.2, -0.15) is 0 Å². The molecule has 3 rings (SSSR count). The summed E-state index contributed by atoms with van der Waals surface area (Å²) in [5.41, 5.74) is 1.68. The molecule has 18 heavy (non-hydrogen) atoms. The van der Waals surface area contributed by atoms with Crippen molar-refractivity contribution in [2.75, 3.05) is 0 Å². The lowest BCUT2D eigenvalue weighted by atomic mass is 10.2. The molecule has 0 saturated heterocycles. The Labute approximate surface area is 103 Å². The third-order valence-electron chi connectivity index (χ3n) is 2.51. The number of rotatable bonds is 2. The van der Waals surface area contributed by atoms with E-state index < -0.39 is 0 Å². The summed E-state index contributed by atoms with van der Waals surface area (Å²) in [7, 11) is 1.85. The lowest BCUT2D eigenvalue weighted by molar-refractivity contribution is 0.776. The van der Waals surface area contributed by atoms with Crippen LogP contribution in [0.3, 0.4) is 0 Å².